The minimum atomic E-state index is 0.486. The van der Waals surface area contributed by atoms with Gasteiger partial charge in [0.05, 0.1) is 12.7 Å². The molecule has 0 amide bonds. The van der Waals surface area contributed by atoms with Crippen LogP contribution < -0.4 is 5.32 Å². The molecule has 0 saturated carbocycles. The van der Waals surface area contributed by atoms with Crippen LogP contribution in [0.3, 0.4) is 0 Å². The standard InChI is InChI=1S/C16H29NO/c1-10(2)14-15(11(3)4)18-9-16(14)7-12-5-6-13(8-16)17-12/h10-15,17H,5-9H2,1-4H3. The zero-order chi connectivity index (χ0) is 12.9. The SMILES string of the molecule is CC(C)C1OCC2(CC3CCC(C2)N3)C1C(C)C. The molecule has 1 N–H and O–H groups in total. The first kappa shape index (κ1) is 12.9. The molecule has 0 aliphatic carbocycles. The zero-order valence-electron chi connectivity index (χ0n) is 12.4. The minimum Gasteiger partial charge on any atom is -0.377 e. The van der Waals surface area contributed by atoms with Crippen molar-refractivity contribution in [3.63, 3.8) is 0 Å². The number of hydrogen-bond donors (Lipinski definition) is 1. The van der Waals surface area contributed by atoms with Gasteiger partial charge in [-0.05, 0) is 43.4 Å². The molecule has 104 valence electrons. The molecule has 18 heavy (non-hydrogen) atoms. The average molecular weight is 251 g/mol. The van der Waals surface area contributed by atoms with E-state index in [1.54, 1.807) is 0 Å². The molecule has 0 aromatic rings. The fourth-order valence-electron chi connectivity index (χ4n) is 5.18. The second-order valence-electron chi connectivity index (χ2n) is 7.70. The first-order valence-electron chi connectivity index (χ1n) is 7.89. The first-order chi connectivity index (χ1) is 8.52. The maximum Gasteiger partial charge on any atom is 0.0635 e. The molecular formula is C16H29NO. The lowest BCUT2D eigenvalue weighted by molar-refractivity contribution is 0.0428. The molecule has 2 bridgehead atoms. The van der Waals surface area contributed by atoms with Crippen LogP contribution in [0.1, 0.15) is 53.4 Å². The Labute approximate surface area is 112 Å². The highest BCUT2D eigenvalue weighted by Crippen LogP contribution is 2.54. The van der Waals surface area contributed by atoms with Gasteiger partial charge in [-0.15, -0.1) is 0 Å². The van der Waals surface area contributed by atoms with Crippen LogP contribution in [0.4, 0.5) is 0 Å². The molecule has 4 unspecified atom stereocenters. The zero-order valence-corrected chi connectivity index (χ0v) is 12.4. The predicted molar refractivity (Wildman–Crippen MR) is 74.5 cm³/mol. The summed E-state index contributed by atoms with van der Waals surface area (Å²) < 4.78 is 6.28. The Hall–Kier alpha value is -0.0800. The second-order valence-corrected chi connectivity index (χ2v) is 7.70. The molecule has 0 aromatic heterocycles. The number of rotatable bonds is 2. The fourth-order valence-corrected chi connectivity index (χ4v) is 5.18. The van der Waals surface area contributed by atoms with E-state index in [1.165, 1.54) is 25.7 Å². The van der Waals surface area contributed by atoms with Gasteiger partial charge in [0.15, 0.2) is 0 Å². The predicted octanol–water partition coefficient (Wildman–Crippen LogP) is 3.21. The van der Waals surface area contributed by atoms with Crippen LogP contribution >= 0.6 is 0 Å². The van der Waals surface area contributed by atoms with Crippen molar-refractivity contribution in [1.82, 2.24) is 5.32 Å². The lowest BCUT2D eigenvalue weighted by atomic mass is 9.62. The highest BCUT2D eigenvalue weighted by molar-refractivity contribution is 5.07. The Morgan fingerprint density at radius 2 is 1.61 bits per heavy atom. The van der Waals surface area contributed by atoms with Crippen molar-refractivity contribution in [2.24, 2.45) is 23.2 Å². The van der Waals surface area contributed by atoms with Gasteiger partial charge in [0.2, 0.25) is 0 Å². The Kier molecular flexibility index (Phi) is 3.22. The Balaban J connectivity index is 1.86. The summed E-state index contributed by atoms with van der Waals surface area (Å²) in [6.07, 6.45) is 5.99. The van der Waals surface area contributed by atoms with Gasteiger partial charge in [0, 0.05) is 17.5 Å². The summed E-state index contributed by atoms with van der Waals surface area (Å²) in [5.74, 6) is 2.17. The lowest BCUT2D eigenvalue weighted by Crippen LogP contribution is -2.49. The normalized spacial score (nSPS) is 47.7. The highest BCUT2D eigenvalue weighted by atomic mass is 16.5. The van der Waals surface area contributed by atoms with E-state index >= 15 is 0 Å². The summed E-state index contributed by atoms with van der Waals surface area (Å²) in [6.45, 7) is 10.5. The summed E-state index contributed by atoms with van der Waals surface area (Å²) in [7, 11) is 0. The van der Waals surface area contributed by atoms with Gasteiger partial charge in [-0.25, -0.2) is 0 Å². The Morgan fingerprint density at radius 1 is 1.00 bits per heavy atom. The van der Waals surface area contributed by atoms with Crippen molar-refractivity contribution in [2.75, 3.05) is 6.61 Å². The third-order valence-corrected chi connectivity index (χ3v) is 5.64. The van der Waals surface area contributed by atoms with E-state index in [4.69, 9.17) is 4.74 Å². The Bertz CT molecular complexity index is 300. The van der Waals surface area contributed by atoms with E-state index in [0.29, 0.717) is 17.4 Å². The van der Waals surface area contributed by atoms with Crippen LogP contribution in [-0.2, 0) is 4.74 Å². The summed E-state index contributed by atoms with van der Waals surface area (Å²) in [6, 6.07) is 1.55. The van der Waals surface area contributed by atoms with Gasteiger partial charge in [-0.3, -0.25) is 0 Å². The summed E-state index contributed by atoms with van der Waals surface area (Å²) in [5, 5.41) is 3.79. The van der Waals surface area contributed by atoms with Crippen molar-refractivity contribution in [3.05, 3.63) is 0 Å². The quantitative estimate of drug-likeness (QED) is 0.813. The van der Waals surface area contributed by atoms with Crippen LogP contribution in [0.5, 0.6) is 0 Å². The van der Waals surface area contributed by atoms with Gasteiger partial charge in [-0.2, -0.15) is 0 Å². The van der Waals surface area contributed by atoms with Gasteiger partial charge in [0.1, 0.15) is 0 Å². The molecule has 3 saturated heterocycles. The molecule has 0 aromatic carbocycles. The van der Waals surface area contributed by atoms with Gasteiger partial charge in [0.25, 0.3) is 0 Å². The van der Waals surface area contributed by atoms with Crippen LogP contribution in [0.15, 0.2) is 0 Å². The monoisotopic (exact) mass is 251 g/mol. The van der Waals surface area contributed by atoms with Crippen molar-refractivity contribution in [3.8, 4) is 0 Å². The van der Waals surface area contributed by atoms with Crippen molar-refractivity contribution in [1.29, 1.82) is 0 Å². The van der Waals surface area contributed by atoms with Crippen LogP contribution in [0.2, 0.25) is 0 Å². The highest BCUT2D eigenvalue weighted by Gasteiger charge is 2.55. The van der Waals surface area contributed by atoms with Crippen molar-refractivity contribution >= 4 is 0 Å². The average Bonchev–Trinajstić information content (AvgIpc) is 2.80. The van der Waals surface area contributed by atoms with E-state index in [1.807, 2.05) is 0 Å². The summed E-state index contributed by atoms with van der Waals surface area (Å²) in [4.78, 5) is 0. The van der Waals surface area contributed by atoms with Crippen molar-refractivity contribution < 1.29 is 4.74 Å². The number of piperidine rings is 1. The van der Waals surface area contributed by atoms with E-state index in [0.717, 1.165) is 30.5 Å². The molecule has 3 fully saturated rings. The minimum absolute atomic E-state index is 0.486. The molecule has 3 rings (SSSR count). The molecule has 2 heteroatoms. The lowest BCUT2D eigenvalue weighted by Gasteiger charge is -2.44. The molecule has 2 nitrogen and oxygen atoms in total. The molecule has 1 spiro atoms. The van der Waals surface area contributed by atoms with E-state index in [2.05, 4.69) is 33.0 Å². The smallest absolute Gasteiger partial charge is 0.0635 e. The maximum absolute atomic E-state index is 6.28. The van der Waals surface area contributed by atoms with Gasteiger partial charge >= 0.3 is 0 Å². The summed E-state index contributed by atoms with van der Waals surface area (Å²) >= 11 is 0. The molecule has 3 heterocycles. The summed E-state index contributed by atoms with van der Waals surface area (Å²) in [5.41, 5.74) is 0.486. The topological polar surface area (TPSA) is 21.3 Å². The molecule has 3 aliphatic rings. The molecule has 3 aliphatic heterocycles. The van der Waals surface area contributed by atoms with Crippen LogP contribution in [0.25, 0.3) is 0 Å². The van der Waals surface area contributed by atoms with Crippen LogP contribution in [-0.4, -0.2) is 24.8 Å². The fraction of sp³-hybridized carbons (Fsp3) is 1.00. The first-order valence-corrected chi connectivity index (χ1v) is 7.89. The molecule has 0 radical (unpaired) electrons. The Morgan fingerprint density at radius 3 is 2.11 bits per heavy atom. The molecular weight excluding hydrogens is 222 g/mol. The maximum atomic E-state index is 6.28. The van der Waals surface area contributed by atoms with Crippen molar-refractivity contribution in [2.45, 2.75) is 71.6 Å². The number of ether oxygens (including phenoxy) is 1. The van der Waals surface area contributed by atoms with E-state index < -0.39 is 0 Å². The van der Waals surface area contributed by atoms with E-state index in [-0.39, 0.29) is 0 Å². The third kappa shape index (κ3) is 1.92. The van der Waals surface area contributed by atoms with Gasteiger partial charge < -0.3 is 10.1 Å². The number of hydrogen-bond acceptors (Lipinski definition) is 2. The largest absolute Gasteiger partial charge is 0.377 e. The van der Waals surface area contributed by atoms with Gasteiger partial charge in [-0.1, -0.05) is 27.7 Å². The second kappa shape index (κ2) is 4.49. The number of nitrogens with one attached hydrogen (secondary N) is 1. The van der Waals surface area contributed by atoms with E-state index in [9.17, 15) is 0 Å². The van der Waals surface area contributed by atoms with Crippen LogP contribution in [0, 0.1) is 23.2 Å². The third-order valence-electron chi connectivity index (χ3n) is 5.64. The number of fused-ring (bicyclic) bond motifs is 2. The molecule has 4 atom stereocenters.